The van der Waals surface area contributed by atoms with Crippen LogP contribution in [0.25, 0.3) is 6.08 Å². The van der Waals surface area contributed by atoms with E-state index < -0.39 is 5.97 Å². The van der Waals surface area contributed by atoms with Gasteiger partial charge in [-0.15, -0.1) is 11.8 Å². The SMILES string of the molecule is Cc1nc(/C=C2/C(=O)N3C(C(=O)O)=CS[C@H]23)co1. The van der Waals surface area contributed by atoms with Crippen molar-refractivity contribution in [2.75, 3.05) is 0 Å². The highest BCUT2D eigenvalue weighted by Gasteiger charge is 2.49. The molecule has 18 heavy (non-hydrogen) atoms. The third-order valence-corrected chi connectivity index (χ3v) is 3.78. The Hall–Kier alpha value is -2.02. The van der Waals surface area contributed by atoms with E-state index in [4.69, 9.17) is 9.52 Å². The number of aryl methyl sites for hydroxylation is 1. The number of fused-ring (bicyclic) bond motifs is 1. The van der Waals surface area contributed by atoms with Gasteiger partial charge in [-0.3, -0.25) is 9.69 Å². The van der Waals surface area contributed by atoms with E-state index in [2.05, 4.69) is 4.98 Å². The summed E-state index contributed by atoms with van der Waals surface area (Å²) < 4.78 is 5.05. The first-order valence-corrected chi connectivity index (χ1v) is 6.08. The minimum Gasteiger partial charge on any atom is -0.477 e. The van der Waals surface area contributed by atoms with Gasteiger partial charge in [0, 0.05) is 12.3 Å². The zero-order valence-electron chi connectivity index (χ0n) is 9.28. The summed E-state index contributed by atoms with van der Waals surface area (Å²) in [7, 11) is 0. The molecule has 0 aliphatic carbocycles. The van der Waals surface area contributed by atoms with Crippen LogP contribution in [0.5, 0.6) is 0 Å². The van der Waals surface area contributed by atoms with Gasteiger partial charge in [0.2, 0.25) is 0 Å². The molecular weight excluding hydrogens is 256 g/mol. The lowest BCUT2D eigenvalue weighted by molar-refractivity contribution is -0.141. The van der Waals surface area contributed by atoms with Crippen LogP contribution >= 0.6 is 11.8 Å². The molecular formula is C11H8N2O4S. The first-order valence-electron chi connectivity index (χ1n) is 5.14. The van der Waals surface area contributed by atoms with Crippen LogP contribution in [0.1, 0.15) is 11.6 Å². The predicted octanol–water partition coefficient (Wildman–Crippen LogP) is 1.21. The molecule has 1 aromatic rings. The fourth-order valence-corrected chi connectivity index (χ4v) is 2.99. The number of nitrogens with zero attached hydrogens (tertiary/aromatic N) is 2. The van der Waals surface area contributed by atoms with Crippen molar-refractivity contribution in [3.05, 3.63) is 34.5 Å². The molecule has 1 N–H and O–H groups in total. The van der Waals surface area contributed by atoms with Crippen LogP contribution in [-0.2, 0) is 9.59 Å². The third kappa shape index (κ3) is 1.47. The van der Waals surface area contributed by atoms with Gasteiger partial charge in [0.1, 0.15) is 23.0 Å². The summed E-state index contributed by atoms with van der Waals surface area (Å²) in [5.41, 5.74) is 1.14. The van der Waals surface area contributed by atoms with E-state index in [0.29, 0.717) is 17.2 Å². The van der Waals surface area contributed by atoms with Crippen molar-refractivity contribution in [3.63, 3.8) is 0 Å². The molecule has 0 aromatic carbocycles. The number of aliphatic carboxylic acids is 1. The number of β-lactam (4-membered cyclic amide) rings is 1. The molecule has 0 saturated carbocycles. The van der Waals surface area contributed by atoms with Gasteiger partial charge in [0.15, 0.2) is 5.89 Å². The van der Waals surface area contributed by atoms with Crippen LogP contribution < -0.4 is 0 Å². The van der Waals surface area contributed by atoms with Crippen molar-refractivity contribution in [2.45, 2.75) is 12.3 Å². The minimum absolute atomic E-state index is 0.0310. The van der Waals surface area contributed by atoms with Gasteiger partial charge < -0.3 is 9.52 Å². The number of thioether (sulfide) groups is 1. The molecule has 1 amide bonds. The van der Waals surface area contributed by atoms with E-state index in [1.54, 1.807) is 13.0 Å². The Kier molecular flexibility index (Phi) is 2.30. The Bertz CT molecular complexity index is 616. The van der Waals surface area contributed by atoms with Crippen LogP contribution in [-0.4, -0.2) is 32.2 Å². The number of aromatic nitrogens is 1. The highest BCUT2D eigenvalue weighted by Crippen LogP contribution is 2.44. The maximum Gasteiger partial charge on any atom is 0.353 e. The fourth-order valence-electron chi connectivity index (χ4n) is 1.87. The van der Waals surface area contributed by atoms with Gasteiger partial charge in [-0.05, 0) is 6.08 Å². The summed E-state index contributed by atoms with van der Waals surface area (Å²) in [5, 5.41) is 10.1. The number of carboxylic acid groups (broad SMARTS) is 1. The first kappa shape index (κ1) is 11.1. The molecule has 1 fully saturated rings. The Morgan fingerprint density at radius 2 is 2.44 bits per heavy atom. The smallest absolute Gasteiger partial charge is 0.353 e. The Labute approximate surface area is 106 Å². The zero-order valence-corrected chi connectivity index (χ0v) is 10.1. The second-order valence-electron chi connectivity index (χ2n) is 3.86. The molecule has 0 bridgehead atoms. The molecule has 2 aliphatic rings. The standard InChI is InChI=1S/C11H8N2O4S/c1-5-12-6(3-17-5)2-7-9(14)13-8(11(15)16)4-18-10(7)13/h2-4,10H,1H3,(H,15,16)/b7-2-/t10-/m1/s1. The van der Waals surface area contributed by atoms with Gasteiger partial charge in [-0.25, -0.2) is 9.78 Å². The maximum absolute atomic E-state index is 11.9. The zero-order chi connectivity index (χ0) is 12.9. The highest BCUT2D eigenvalue weighted by molar-refractivity contribution is 8.03. The van der Waals surface area contributed by atoms with Gasteiger partial charge in [0.25, 0.3) is 5.91 Å². The molecule has 1 saturated heterocycles. The van der Waals surface area contributed by atoms with Gasteiger partial charge in [-0.1, -0.05) is 0 Å². The maximum atomic E-state index is 11.9. The molecule has 0 radical (unpaired) electrons. The molecule has 6 nitrogen and oxygen atoms in total. The average Bonchev–Trinajstić information content (AvgIpc) is 2.89. The molecule has 1 atom stereocenters. The number of carbonyl (C=O) groups excluding carboxylic acids is 1. The number of rotatable bonds is 2. The summed E-state index contributed by atoms with van der Waals surface area (Å²) in [5.74, 6) is -0.858. The van der Waals surface area contributed by atoms with Crippen molar-refractivity contribution < 1.29 is 19.1 Å². The lowest BCUT2D eigenvalue weighted by atomic mass is 10.0. The molecule has 2 aliphatic heterocycles. The van der Waals surface area contributed by atoms with E-state index in [-0.39, 0.29) is 17.0 Å². The predicted molar refractivity (Wildman–Crippen MR) is 63.2 cm³/mol. The Balaban J connectivity index is 1.86. The van der Waals surface area contributed by atoms with Crippen LogP contribution in [0.3, 0.4) is 0 Å². The van der Waals surface area contributed by atoms with Crippen molar-refractivity contribution >= 4 is 29.7 Å². The van der Waals surface area contributed by atoms with Crippen LogP contribution in [0, 0.1) is 6.92 Å². The summed E-state index contributed by atoms with van der Waals surface area (Å²) in [6.07, 6.45) is 3.09. The summed E-state index contributed by atoms with van der Waals surface area (Å²) >= 11 is 1.30. The third-order valence-electron chi connectivity index (χ3n) is 2.69. The van der Waals surface area contributed by atoms with E-state index in [9.17, 15) is 9.59 Å². The Morgan fingerprint density at radius 3 is 3.06 bits per heavy atom. The summed E-state index contributed by atoms with van der Waals surface area (Å²) in [4.78, 5) is 28.1. The number of carbonyl (C=O) groups is 2. The molecule has 3 rings (SSSR count). The largest absolute Gasteiger partial charge is 0.477 e. The lowest BCUT2D eigenvalue weighted by Gasteiger charge is -2.36. The number of amides is 1. The molecule has 1 aromatic heterocycles. The average molecular weight is 264 g/mol. The number of hydrogen-bond acceptors (Lipinski definition) is 5. The van der Waals surface area contributed by atoms with E-state index in [0.717, 1.165) is 0 Å². The fraction of sp³-hybridized carbons (Fsp3) is 0.182. The second kappa shape index (κ2) is 3.74. The molecule has 3 heterocycles. The number of carboxylic acids is 1. The van der Waals surface area contributed by atoms with Crippen molar-refractivity contribution in [3.8, 4) is 0 Å². The quantitative estimate of drug-likeness (QED) is 0.638. The van der Waals surface area contributed by atoms with Crippen molar-refractivity contribution in [2.24, 2.45) is 0 Å². The van der Waals surface area contributed by atoms with E-state index in [1.165, 1.54) is 28.3 Å². The van der Waals surface area contributed by atoms with Crippen LogP contribution in [0.2, 0.25) is 0 Å². The van der Waals surface area contributed by atoms with E-state index in [1.807, 2.05) is 0 Å². The van der Waals surface area contributed by atoms with Crippen LogP contribution in [0.15, 0.2) is 27.4 Å². The van der Waals surface area contributed by atoms with Crippen molar-refractivity contribution in [1.82, 2.24) is 9.88 Å². The number of oxazole rings is 1. The van der Waals surface area contributed by atoms with Gasteiger partial charge in [-0.2, -0.15) is 0 Å². The number of hydrogen-bond donors (Lipinski definition) is 1. The molecule has 92 valence electrons. The van der Waals surface area contributed by atoms with Gasteiger partial charge >= 0.3 is 5.97 Å². The first-order chi connectivity index (χ1) is 8.58. The highest BCUT2D eigenvalue weighted by atomic mass is 32.2. The molecule has 7 heteroatoms. The summed E-state index contributed by atoms with van der Waals surface area (Å²) in [6, 6.07) is 0. The second-order valence-corrected chi connectivity index (χ2v) is 4.82. The van der Waals surface area contributed by atoms with E-state index >= 15 is 0 Å². The normalized spacial score (nSPS) is 23.9. The minimum atomic E-state index is -1.09. The topological polar surface area (TPSA) is 83.6 Å². The van der Waals surface area contributed by atoms with Crippen molar-refractivity contribution in [1.29, 1.82) is 0 Å². The monoisotopic (exact) mass is 264 g/mol. The lowest BCUT2D eigenvalue weighted by Crippen LogP contribution is -2.51. The molecule has 0 unspecified atom stereocenters. The van der Waals surface area contributed by atoms with Gasteiger partial charge in [0.05, 0.1) is 5.57 Å². The van der Waals surface area contributed by atoms with Crippen LogP contribution in [0.4, 0.5) is 0 Å². The molecule has 0 spiro atoms. The Morgan fingerprint density at radius 1 is 1.67 bits per heavy atom. The summed E-state index contributed by atoms with van der Waals surface area (Å²) in [6.45, 7) is 1.71.